The normalized spacial score (nSPS) is 35.0. The van der Waals surface area contributed by atoms with Crippen molar-refractivity contribution in [3.8, 4) is 0 Å². The highest BCUT2D eigenvalue weighted by Crippen LogP contribution is 2.53. The summed E-state index contributed by atoms with van der Waals surface area (Å²) in [5.74, 6) is 0. The summed E-state index contributed by atoms with van der Waals surface area (Å²) in [5, 5.41) is 27.5. The minimum Gasteiger partial charge on any atom is -0.390 e. The van der Waals surface area contributed by atoms with Gasteiger partial charge < -0.3 is 30.9 Å². The summed E-state index contributed by atoms with van der Waals surface area (Å²) in [5.41, 5.74) is 0. The van der Waals surface area contributed by atoms with Crippen molar-refractivity contribution < 1.29 is 29.3 Å². The Bertz CT molecular complexity index is 293. The molecule has 0 saturated heterocycles. The zero-order valence-corrected chi connectivity index (χ0v) is 9.17. The van der Waals surface area contributed by atoms with E-state index in [9.17, 15) is 19.7 Å². The fourth-order valence-corrected chi connectivity index (χ4v) is 2.25. The lowest BCUT2D eigenvalue weighted by molar-refractivity contribution is -0.0466. The van der Waals surface area contributed by atoms with Gasteiger partial charge in [-0.05, 0) is 6.08 Å². The third-order valence-electron chi connectivity index (χ3n) is 2.14. The summed E-state index contributed by atoms with van der Waals surface area (Å²) >= 11 is 0. The van der Waals surface area contributed by atoms with Gasteiger partial charge in [0.1, 0.15) is 12.2 Å². The van der Waals surface area contributed by atoms with Gasteiger partial charge in [-0.15, -0.1) is 0 Å². The molecule has 15 heavy (non-hydrogen) atoms. The van der Waals surface area contributed by atoms with Crippen LogP contribution in [-0.2, 0) is 9.09 Å². The average molecular weight is 241 g/mol. The second-order valence-corrected chi connectivity index (χ2v) is 5.09. The number of aliphatic hydroxyl groups is 3. The molecule has 1 aliphatic carbocycles. The van der Waals surface area contributed by atoms with Gasteiger partial charge >= 0.3 is 7.60 Å². The van der Waals surface area contributed by atoms with Gasteiger partial charge in [-0.2, -0.15) is 0 Å². The smallest absolute Gasteiger partial charge is 0.354 e. The second-order valence-electron chi connectivity index (χ2n) is 3.11. The third-order valence-corrected chi connectivity index (χ3v) is 3.69. The predicted octanol–water partition coefficient (Wildman–Crippen LogP) is -0.650. The molecular weight excluding hydrogens is 225 g/mol. The van der Waals surface area contributed by atoms with Crippen LogP contribution in [0.4, 0.5) is 0 Å². The molecule has 0 aromatic rings. The highest BCUT2D eigenvalue weighted by molar-refractivity contribution is 7.57. The van der Waals surface area contributed by atoms with E-state index in [0.29, 0.717) is 0 Å². The molecule has 0 spiro atoms. The maximum atomic E-state index is 11.3. The lowest BCUT2D eigenvalue weighted by Gasteiger charge is -2.28. The minimum absolute atomic E-state index is 0. The Labute approximate surface area is 87.1 Å². The van der Waals surface area contributed by atoms with E-state index in [-0.39, 0.29) is 17.9 Å². The van der Waals surface area contributed by atoms with Crippen molar-refractivity contribution in [1.29, 1.82) is 0 Å². The summed E-state index contributed by atoms with van der Waals surface area (Å²) in [4.78, 5) is 9.23. The lowest BCUT2D eigenvalue weighted by atomic mass is 9.99. The predicted molar refractivity (Wildman–Crippen MR) is 52.6 cm³/mol. The number of rotatable bonds is 2. The third kappa shape index (κ3) is 3.09. The molecule has 0 radical (unpaired) electrons. The molecule has 7 nitrogen and oxygen atoms in total. The maximum absolute atomic E-state index is 11.3. The molecule has 4 atom stereocenters. The van der Waals surface area contributed by atoms with Gasteiger partial charge in [-0.3, -0.25) is 4.57 Å². The van der Waals surface area contributed by atoms with Crippen LogP contribution in [0.1, 0.15) is 6.42 Å². The van der Waals surface area contributed by atoms with Crippen molar-refractivity contribution in [2.75, 3.05) is 7.11 Å². The Morgan fingerprint density at radius 2 is 2.00 bits per heavy atom. The van der Waals surface area contributed by atoms with Gasteiger partial charge in [0.2, 0.25) is 0 Å². The summed E-state index contributed by atoms with van der Waals surface area (Å²) < 4.78 is 15.6. The molecule has 1 unspecified atom stereocenters. The van der Waals surface area contributed by atoms with Gasteiger partial charge in [0, 0.05) is 18.8 Å². The monoisotopic (exact) mass is 241 g/mol. The van der Waals surface area contributed by atoms with Crippen LogP contribution in [0, 0.1) is 0 Å². The van der Waals surface area contributed by atoms with Crippen molar-refractivity contribution in [2.24, 2.45) is 0 Å². The fraction of sp³-hybridized carbons (Fsp3) is 0.714. The van der Waals surface area contributed by atoms with Crippen molar-refractivity contribution in [3.05, 3.63) is 11.4 Å². The van der Waals surface area contributed by atoms with Gasteiger partial charge in [0.25, 0.3) is 0 Å². The first kappa shape index (κ1) is 14.7. The quantitative estimate of drug-likeness (QED) is 0.404. The van der Waals surface area contributed by atoms with Gasteiger partial charge in [-0.1, -0.05) is 0 Å². The molecule has 90 valence electrons. The van der Waals surface area contributed by atoms with E-state index in [1.165, 1.54) is 0 Å². The highest BCUT2D eigenvalue weighted by atomic mass is 31.2. The molecular formula is C7H16NO6P. The SMILES string of the molecule is COP(=O)(O)C1=C[C@@H](O)[C@@H](O)[C@H](O)C1.N. The van der Waals surface area contributed by atoms with Crippen molar-refractivity contribution in [3.63, 3.8) is 0 Å². The standard InChI is InChI=1S/C7H13O6P.H3N/c1-13-14(11,12)4-2-5(8)7(10)6(9)3-4;/h2,5-10H,3H2,1H3,(H,11,12);1H3/t5-,6-,7-;/m1./s1. The fourth-order valence-electron chi connectivity index (χ4n) is 1.25. The summed E-state index contributed by atoms with van der Waals surface area (Å²) in [6, 6.07) is 0. The molecule has 0 aromatic carbocycles. The first-order chi connectivity index (χ1) is 6.38. The first-order valence-electron chi connectivity index (χ1n) is 4.02. The summed E-state index contributed by atoms with van der Waals surface area (Å²) in [6.45, 7) is 0. The molecule has 0 bridgehead atoms. The second kappa shape index (κ2) is 5.18. The molecule has 0 saturated carbocycles. The maximum Gasteiger partial charge on any atom is 0.354 e. The van der Waals surface area contributed by atoms with Crippen LogP contribution >= 0.6 is 7.60 Å². The van der Waals surface area contributed by atoms with E-state index in [4.69, 9.17) is 5.11 Å². The van der Waals surface area contributed by atoms with E-state index in [1.807, 2.05) is 0 Å². The van der Waals surface area contributed by atoms with Crippen LogP contribution in [-0.4, -0.2) is 45.6 Å². The number of hydrogen-bond donors (Lipinski definition) is 5. The van der Waals surface area contributed by atoms with Crippen LogP contribution in [0.5, 0.6) is 0 Å². The molecule has 0 aromatic heterocycles. The Hall–Kier alpha value is -0.270. The van der Waals surface area contributed by atoms with Gasteiger partial charge in [-0.25, -0.2) is 0 Å². The zero-order valence-electron chi connectivity index (χ0n) is 8.28. The summed E-state index contributed by atoms with van der Waals surface area (Å²) in [7, 11) is -2.86. The van der Waals surface area contributed by atoms with Crippen LogP contribution in [0.25, 0.3) is 0 Å². The van der Waals surface area contributed by atoms with Crippen molar-refractivity contribution in [1.82, 2.24) is 6.15 Å². The van der Waals surface area contributed by atoms with Crippen LogP contribution < -0.4 is 6.15 Å². The van der Waals surface area contributed by atoms with E-state index in [1.54, 1.807) is 0 Å². The molecule has 1 aliphatic rings. The van der Waals surface area contributed by atoms with E-state index in [2.05, 4.69) is 4.52 Å². The zero-order chi connectivity index (χ0) is 10.9. The molecule has 0 aliphatic heterocycles. The minimum atomic E-state index is -3.92. The first-order valence-corrected chi connectivity index (χ1v) is 5.60. The topological polar surface area (TPSA) is 142 Å². The van der Waals surface area contributed by atoms with Crippen LogP contribution in [0.15, 0.2) is 11.4 Å². The van der Waals surface area contributed by atoms with Crippen molar-refractivity contribution in [2.45, 2.75) is 24.7 Å². The van der Waals surface area contributed by atoms with E-state index >= 15 is 0 Å². The lowest BCUT2D eigenvalue weighted by Crippen LogP contribution is -2.39. The number of aliphatic hydroxyl groups excluding tert-OH is 3. The summed E-state index contributed by atoms with van der Waals surface area (Å²) in [6.07, 6.45) is -3.05. The number of hydrogen-bond acceptors (Lipinski definition) is 6. The van der Waals surface area contributed by atoms with E-state index in [0.717, 1.165) is 13.2 Å². The Balaban J connectivity index is 0.00000196. The van der Waals surface area contributed by atoms with Gasteiger partial charge in [0.15, 0.2) is 0 Å². The van der Waals surface area contributed by atoms with Crippen LogP contribution in [0.2, 0.25) is 0 Å². The Kier molecular flexibility index (Phi) is 5.08. The van der Waals surface area contributed by atoms with Gasteiger partial charge in [0.05, 0.1) is 6.10 Å². The molecule has 1 rings (SSSR count). The Morgan fingerprint density at radius 1 is 1.47 bits per heavy atom. The van der Waals surface area contributed by atoms with E-state index < -0.39 is 25.9 Å². The van der Waals surface area contributed by atoms with Crippen molar-refractivity contribution >= 4 is 7.60 Å². The highest BCUT2D eigenvalue weighted by Gasteiger charge is 2.36. The van der Waals surface area contributed by atoms with Crippen LogP contribution in [0.3, 0.4) is 0 Å². The molecule has 8 heteroatoms. The average Bonchev–Trinajstić information content (AvgIpc) is 2.13. The Morgan fingerprint density at radius 3 is 2.40 bits per heavy atom. The molecule has 0 amide bonds. The molecule has 0 fully saturated rings. The largest absolute Gasteiger partial charge is 0.390 e. The molecule has 0 heterocycles. The molecule has 7 N–H and O–H groups in total.